The maximum Gasteiger partial charge on any atom is 0.163 e. The maximum absolute atomic E-state index is 9.67. The van der Waals surface area contributed by atoms with Crippen LogP contribution in [-0.2, 0) is 0 Å². The van der Waals surface area contributed by atoms with Crippen LogP contribution >= 0.6 is 0 Å². The van der Waals surface area contributed by atoms with E-state index in [2.05, 4.69) is 11.8 Å². The van der Waals surface area contributed by atoms with Crippen LogP contribution in [-0.4, -0.2) is 35.2 Å². The third kappa shape index (κ3) is 2.20. The summed E-state index contributed by atoms with van der Waals surface area (Å²) in [6.45, 7) is 4.65. The van der Waals surface area contributed by atoms with E-state index < -0.39 is 5.60 Å². The van der Waals surface area contributed by atoms with Gasteiger partial charge in [0, 0.05) is 6.54 Å². The molecule has 1 unspecified atom stereocenters. The third-order valence-corrected chi connectivity index (χ3v) is 2.30. The van der Waals surface area contributed by atoms with Gasteiger partial charge in [-0.25, -0.2) is 0 Å². The average molecular weight is 168 g/mol. The van der Waals surface area contributed by atoms with Gasteiger partial charge in [-0.3, -0.25) is 4.90 Å². The van der Waals surface area contributed by atoms with Gasteiger partial charge < -0.3 is 5.11 Å². The van der Waals surface area contributed by atoms with Crippen molar-refractivity contribution in [1.82, 2.24) is 4.90 Å². The van der Waals surface area contributed by atoms with Crippen molar-refractivity contribution in [2.75, 3.05) is 19.6 Å². The Bertz CT molecular complexity index is 185. The van der Waals surface area contributed by atoms with Crippen LogP contribution in [0.15, 0.2) is 0 Å². The first kappa shape index (κ1) is 9.50. The normalized spacial score (nSPS) is 31.4. The van der Waals surface area contributed by atoms with Crippen molar-refractivity contribution < 1.29 is 5.11 Å². The zero-order valence-electron chi connectivity index (χ0n) is 7.58. The van der Waals surface area contributed by atoms with Gasteiger partial charge in [-0.1, -0.05) is 6.92 Å². The van der Waals surface area contributed by atoms with Gasteiger partial charge >= 0.3 is 0 Å². The number of nitrogens with zero attached hydrogens (tertiary/aromatic N) is 2. The number of hydrogen-bond acceptors (Lipinski definition) is 3. The summed E-state index contributed by atoms with van der Waals surface area (Å²) in [7, 11) is 0. The lowest BCUT2D eigenvalue weighted by Gasteiger charge is -2.34. The van der Waals surface area contributed by atoms with Gasteiger partial charge in [0.25, 0.3) is 0 Å². The van der Waals surface area contributed by atoms with E-state index in [0.717, 1.165) is 25.9 Å². The monoisotopic (exact) mass is 168 g/mol. The van der Waals surface area contributed by atoms with Gasteiger partial charge in [-0.15, -0.1) is 0 Å². The lowest BCUT2D eigenvalue weighted by Crippen LogP contribution is -2.47. The summed E-state index contributed by atoms with van der Waals surface area (Å²) < 4.78 is 0. The van der Waals surface area contributed by atoms with Crippen LogP contribution in [0.25, 0.3) is 0 Å². The van der Waals surface area contributed by atoms with Crippen molar-refractivity contribution in [2.45, 2.75) is 31.8 Å². The van der Waals surface area contributed by atoms with Gasteiger partial charge in [0.15, 0.2) is 5.60 Å². The average Bonchev–Trinajstić information content (AvgIpc) is 2.05. The molecule has 68 valence electrons. The van der Waals surface area contributed by atoms with Crippen LogP contribution in [0.3, 0.4) is 0 Å². The molecule has 1 saturated heterocycles. The zero-order chi connectivity index (χ0) is 9.03. The van der Waals surface area contributed by atoms with E-state index in [4.69, 9.17) is 5.26 Å². The molecule has 0 aromatic heterocycles. The van der Waals surface area contributed by atoms with E-state index in [1.54, 1.807) is 0 Å². The number of β-amino-alcohol motifs (C(OH)–C–C–N with tert-alkyl or cyclic N) is 1. The lowest BCUT2D eigenvalue weighted by atomic mass is 9.94. The molecule has 1 heterocycles. The summed E-state index contributed by atoms with van der Waals surface area (Å²) in [5, 5.41) is 18.4. The highest BCUT2D eigenvalue weighted by molar-refractivity contribution is 5.04. The second-order valence-electron chi connectivity index (χ2n) is 3.52. The fourth-order valence-electron chi connectivity index (χ4n) is 1.72. The molecule has 0 bridgehead atoms. The van der Waals surface area contributed by atoms with Gasteiger partial charge in [-0.05, 0) is 32.4 Å². The topological polar surface area (TPSA) is 47.3 Å². The number of nitriles is 1. The molecule has 1 rings (SSSR count). The first-order valence-corrected chi connectivity index (χ1v) is 4.56. The first-order valence-electron chi connectivity index (χ1n) is 4.56. The van der Waals surface area contributed by atoms with E-state index in [9.17, 15) is 5.11 Å². The predicted octanol–water partition coefficient (Wildman–Crippen LogP) is 0.747. The molecule has 12 heavy (non-hydrogen) atoms. The highest BCUT2D eigenvalue weighted by Crippen LogP contribution is 2.19. The summed E-state index contributed by atoms with van der Waals surface area (Å²) in [5.74, 6) is 0. The van der Waals surface area contributed by atoms with E-state index in [-0.39, 0.29) is 0 Å². The van der Waals surface area contributed by atoms with Gasteiger partial charge in [0.1, 0.15) is 0 Å². The molecule has 0 amide bonds. The van der Waals surface area contributed by atoms with Crippen molar-refractivity contribution in [3.63, 3.8) is 0 Å². The summed E-state index contributed by atoms with van der Waals surface area (Å²) in [4.78, 5) is 2.16. The third-order valence-electron chi connectivity index (χ3n) is 2.30. The summed E-state index contributed by atoms with van der Waals surface area (Å²) >= 11 is 0. The van der Waals surface area contributed by atoms with Crippen molar-refractivity contribution >= 4 is 0 Å². The van der Waals surface area contributed by atoms with Crippen LogP contribution in [0.4, 0.5) is 0 Å². The fraction of sp³-hybridized carbons (Fsp3) is 0.889. The predicted molar refractivity (Wildman–Crippen MR) is 46.5 cm³/mol. The largest absolute Gasteiger partial charge is 0.374 e. The molecule has 3 heteroatoms. The molecule has 3 nitrogen and oxygen atoms in total. The standard InChI is InChI=1S/C9H16N2O/c1-2-5-11-6-3-4-9(12,7-10)8-11/h12H,2-6,8H2,1H3. The minimum Gasteiger partial charge on any atom is -0.374 e. The quantitative estimate of drug-likeness (QED) is 0.619. The highest BCUT2D eigenvalue weighted by atomic mass is 16.3. The lowest BCUT2D eigenvalue weighted by molar-refractivity contribution is 0.0146. The molecule has 1 aliphatic heterocycles. The Hall–Kier alpha value is -0.590. The van der Waals surface area contributed by atoms with E-state index in [0.29, 0.717) is 13.0 Å². The van der Waals surface area contributed by atoms with Gasteiger partial charge in [-0.2, -0.15) is 5.26 Å². The number of aliphatic hydroxyl groups is 1. The van der Waals surface area contributed by atoms with Crippen LogP contribution < -0.4 is 0 Å². The van der Waals surface area contributed by atoms with E-state index in [1.807, 2.05) is 6.07 Å². The van der Waals surface area contributed by atoms with Gasteiger partial charge in [0.2, 0.25) is 0 Å². The Morgan fingerprint density at radius 1 is 1.67 bits per heavy atom. The summed E-state index contributed by atoms with van der Waals surface area (Å²) in [5.41, 5.74) is -1.08. The number of rotatable bonds is 2. The Labute approximate surface area is 73.6 Å². The van der Waals surface area contributed by atoms with Crippen molar-refractivity contribution in [3.8, 4) is 6.07 Å². The van der Waals surface area contributed by atoms with Crippen LogP contribution in [0, 0.1) is 11.3 Å². The summed E-state index contributed by atoms with van der Waals surface area (Å²) in [6.07, 6.45) is 2.65. The van der Waals surface area contributed by atoms with Crippen LogP contribution in [0.1, 0.15) is 26.2 Å². The van der Waals surface area contributed by atoms with Crippen LogP contribution in [0.2, 0.25) is 0 Å². The Balaban J connectivity index is 2.46. The van der Waals surface area contributed by atoms with Crippen molar-refractivity contribution in [3.05, 3.63) is 0 Å². The molecule has 0 spiro atoms. The second kappa shape index (κ2) is 3.88. The molecule has 0 aromatic rings. The van der Waals surface area contributed by atoms with Gasteiger partial charge in [0.05, 0.1) is 6.07 Å². The minimum absolute atomic E-state index is 0.525. The molecule has 0 aromatic carbocycles. The highest BCUT2D eigenvalue weighted by Gasteiger charge is 2.32. The van der Waals surface area contributed by atoms with Crippen LogP contribution in [0.5, 0.6) is 0 Å². The molecule has 1 aliphatic rings. The molecule has 1 atom stereocenters. The zero-order valence-corrected chi connectivity index (χ0v) is 7.58. The second-order valence-corrected chi connectivity index (χ2v) is 3.52. The van der Waals surface area contributed by atoms with Crippen molar-refractivity contribution in [2.24, 2.45) is 0 Å². The Morgan fingerprint density at radius 3 is 3.00 bits per heavy atom. The Kier molecular flexibility index (Phi) is 3.07. The smallest absolute Gasteiger partial charge is 0.163 e. The SMILES string of the molecule is CCCN1CCCC(O)(C#N)C1. The number of hydrogen-bond donors (Lipinski definition) is 1. The van der Waals surface area contributed by atoms with E-state index in [1.165, 1.54) is 0 Å². The van der Waals surface area contributed by atoms with Crippen molar-refractivity contribution in [1.29, 1.82) is 5.26 Å². The number of likely N-dealkylation sites (tertiary alicyclic amines) is 1. The molecule has 1 N–H and O–H groups in total. The van der Waals surface area contributed by atoms with E-state index >= 15 is 0 Å². The fourth-order valence-corrected chi connectivity index (χ4v) is 1.72. The minimum atomic E-state index is -1.08. The number of piperidine rings is 1. The molecule has 0 saturated carbocycles. The molecule has 0 aliphatic carbocycles. The first-order chi connectivity index (χ1) is 5.70. The maximum atomic E-state index is 9.67. The molecular formula is C9H16N2O. The molecule has 0 radical (unpaired) electrons. The Morgan fingerprint density at radius 2 is 2.42 bits per heavy atom. The molecule has 1 fully saturated rings. The summed E-state index contributed by atoms with van der Waals surface area (Å²) in [6, 6.07) is 1.98. The molecular weight excluding hydrogens is 152 g/mol.